The van der Waals surface area contributed by atoms with Gasteiger partial charge in [-0.25, -0.2) is 9.82 Å². The second-order valence-corrected chi connectivity index (χ2v) is 8.19. The first-order chi connectivity index (χ1) is 18.3. The van der Waals surface area contributed by atoms with E-state index in [-0.39, 0.29) is 23.7 Å². The lowest BCUT2D eigenvalue weighted by Gasteiger charge is -2.09. The van der Waals surface area contributed by atoms with Crippen LogP contribution in [-0.2, 0) is 13.2 Å². The predicted molar refractivity (Wildman–Crippen MR) is 136 cm³/mol. The summed E-state index contributed by atoms with van der Waals surface area (Å²) in [7, 11) is 1.50. The van der Waals surface area contributed by atoms with Gasteiger partial charge in [0.05, 0.1) is 24.9 Å². The molecule has 3 aromatic carbocycles. The van der Waals surface area contributed by atoms with Gasteiger partial charge in [0.15, 0.2) is 0 Å². The maximum absolute atomic E-state index is 13.9. The summed E-state index contributed by atoms with van der Waals surface area (Å²) >= 11 is 6.01. The van der Waals surface area contributed by atoms with E-state index in [9.17, 15) is 19.3 Å². The Morgan fingerprint density at radius 3 is 2.71 bits per heavy atom. The molecular formula is C25H20ClFN6O5. The van der Waals surface area contributed by atoms with Crippen LogP contribution in [0.1, 0.15) is 27.0 Å². The molecule has 1 N–H and O–H groups in total. The number of nitrogens with one attached hydrogen (secondary N) is 1. The Bertz CT molecular complexity index is 1470. The molecule has 38 heavy (non-hydrogen) atoms. The number of benzene rings is 3. The number of rotatable bonds is 10. The number of carbonyl (C=O) groups excluding carboxylic acids is 1. The maximum atomic E-state index is 13.9. The van der Waals surface area contributed by atoms with Crippen molar-refractivity contribution in [2.75, 3.05) is 7.11 Å². The first-order valence-electron chi connectivity index (χ1n) is 11.0. The van der Waals surface area contributed by atoms with Crippen LogP contribution in [0.15, 0.2) is 72.1 Å². The van der Waals surface area contributed by atoms with E-state index in [0.29, 0.717) is 28.2 Å². The summed E-state index contributed by atoms with van der Waals surface area (Å²) in [6, 6.07) is 15.8. The molecule has 0 saturated heterocycles. The van der Waals surface area contributed by atoms with Gasteiger partial charge in [0.25, 0.3) is 5.91 Å². The van der Waals surface area contributed by atoms with E-state index in [0.717, 1.165) is 0 Å². The van der Waals surface area contributed by atoms with E-state index in [1.54, 1.807) is 48.5 Å². The molecule has 1 amide bonds. The van der Waals surface area contributed by atoms with Crippen molar-refractivity contribution in [1.82, 2.24) is 20.2 Å². The molecule has 0 aliphatic heterocycles. The number of aromatic nitrogens is 3. The minimum Gasteiger partial charge on any atom is -0.496 e. The third-order valence-electron chi connectivity index (χ3n) is 5.27. The highest BCUT2D eigenvalue weighted by molar-refractivity contribution is 6.31. The Morgan fingerprint density at radius 2 is 2.03 bits per heavy atom. The number of nitrogens with zero attached hydrogens (tertiary/aromatic N) is 5. The molecule has 1 aromatic heterocycles. The van der Waals surface area contributed by atoms with E-state index in [2.05, 4.69) is 20.6 Å². The summed E-state index contributed by atoms with van der Waals surface area (Å²) in [4.78, 5) is 26.2. The standard InChI is InChI=1S/C25H20ClFN6O5/c1-37-23-10-5-16(11-18(23)13-32-15-28-25(31-32)33(35)36)12-29-30-24(34)17-6-8-19(9-7-17)38-14-20-21(26)3-2-4-22(20)27/h2-12,15H,13-14H2,1H3,(H,30,34)/b29-12+. The van der Waals surface area contributed by atoms with Crippen molar-refractivity contribution in [2.24, 2.45) is 5.10 Å². The molecule has 0 radical (unpaired) electrons. The second kappa shape index (κ2) is 11.9. The fourth-order valence-corrected chi connectivity index (χ4v) is 3.60. The smallest absolute Gasteiger partial charge is 0.490 e. The predicted octanol–water partition coefficient (Wildman–Crippen LogP) is 4.38. The van der Waals surface area contributed by atoms with Crippen molar-refractivity contribution in [3.8, 4) is 11.5 Å². The zero-order valence-corrected chi connectivity index (χ0v) is 20.6. The zero-order chi connectivity index (χ0) is 27.1. The van der Waals surface area contributed by atoms with Crippen LogP contribution in [0.5, 0.6) is 11.5 Å². The van der Waals surface area contributed by atoms with Crippen molar-refractivity contribution in [2.45, 2.75) is 13.2 Å². The average Bonchev–Trinajstić information content (AvgIpc) is 3.38. The molecule has 0 fully saturated rings. The van der Waals surface area contributed by atoms with Crippen LogP contribution >= 0.6 is 11.6 Å². The van der Waals surface area contributed by atoms with Gasteiger partial charge in [-0.15, -0.1) is 0 Å². The molecule has 4 rings (SSSR count). The van der Waals surface area contributed by atoms with E-state index in [4.69, 9.17) is 21.1 Å². The van der Waals surface area contributed by atoms with Crippen molar-refractivity contribution in [3.05, 3.63) is 110 Å². The number of hydrogen-bond donors (Lipinski definition) is 1. The maximum Gasteiger partial charge on any atom is 0.490 e. The van der Waals surface area contributed by atoms with Crippen LogP contribution < -0.4 is 14.9 Å². The van der Waals surface area contributed by atoms with Gasteiger partial charge in [0.2, 0.25) is 6.33 Å². The van der Waals surface area contributed by atoms with E-state index >= 15 is 0 Å². The Balaban J connectivity index is 1.36. The van der Waals surface area contributed by atoms with Crippen LogP contribution in [0.3, 0.4) is 0 Å². The summed E-state index contributed by atoms with van der Waals surface area (Å²) in [6.07, 6.45) is 2.70. The molecule has 0 bridgehead atoms. The Morgan fingerprint density at radius 1 is 1.24 bits per heavy atom. The number of nitro groups is 1. The van der Waals surface area contributed by atoms with Gasteiger partial charge in [-0.1, -0.05) is 22.7 Å². The van der Waals surface area contributed by atoms with Gasteiger partial charge >= 0.3 is 5.95 Å². The summed E-state index contributed by atoms with van der Waals surface area (Å²) < 4.78 is 26.1. The van der Waals surface area contributed by atoms with Crippen LogP contribution in [0, 0.1) is 15.9 Å². The highest BCUT2D eigenvalue weighted by Crippen LogP contribution is 2.22. The number of hydrazone groups is 1. The van der Waals surface area contributed by atoms with Crippen molar-refractivity contribution < 1.29 is 23.6 Å². The highest BCUT2D eigenvalue weighted by Gasteiger charge is 2.15. The Hall–Kier alpha value is -4.84. The lowest BCUT2D eigenvalue weighted by molar-refractivity contribution is -0.394. The topological polar surface area (TPSA) is 134 Å². The number of halogens is 2. The highest BCUT2D eigenvalue weighted by atomic mass is 35.5. The molecule has 0 saturated carbocycles. The Labute approximate surface area is 220 Å². The van der Waals surface area contributed by atoms with Gasteiger partial charge in [-0.3, -0.25) is 4.79 Å². The summed E-state index contributed by atoms with van der Waals surface area (Å²) in [6.45, 7) is 0.120. The minimum absolute atomic E-state index is 0.0566. The molecule has 0 atom stereocenters. The quantitative estimate of drug-likeness (QED) is 0.180. The van der Waals surface area contributed by atoms with Crippen molar-refractivity contribution >= 4 is 29.7 Å². The molecule has 194 valence electrons. The first kappa shape index (κ1) is 26.2. The number of ether oxygens (including phenoxy) is 2. The number of amides is 1. The molecule has 11 nitrogen and oxygen atoms in total. The lowest BCUT2D eigenvalue weighted by Crippen LogP contribution is -2.17. The third kappa shape index (κ3) is 6.48. The van der Waals surface area contributed by atoms with Crippen LogP contribution in [-0.4, -0.2) is 38.9 Å². The monoisotopic (exact) mass is 538 g/mol. The van der Waals surface area contributed by atoms with Crippen LogP contribution in [0.25, 0.3) is 0 Å². The SMILES string of the molecule is COc1ccc(/C=N/NC(=O)c2ccc(OCc3c(F)cccc3Cl)cc2)cc1Cn1cnc([N+](=O)[O-])n1. The molecule has 0 aliphatic rings. The Kier molecular flexibility index (Phi) is 8.23. The molecule has 0 spiro atoms. The fraction of sp³-hybridized carbons (Fsp3) is 0.120. The van der Waals surface area contributed by atoms with Gasteiger partial charge < -0.3 is 19.6 Å². The average molecular weight is 539 g/mol. The van der Waals surface area contributed by atoms with Gasteiger partial charge in [-0.2, -0.15) is 9.78 Å². The lowest BCUT2D eigenvalue weighted by atomic mass is 10.1. The van der Waals surface area contributed by atoms with E-state index < -0.39 is 22.6 Å². The van der Waals surface area contributed by atoms with Crippen molar-refractivity contribution in [1.29, 1.82) is 0 Å². The van der Waals surface area contributed by atoms with Gasteiger partial charge in [0.1, 0.15) is 23.9 Å². The number of hydrogen-bond acceptors (Lipinski definition) is 8. The summed E-state index contributed by atoms with van der Waals surface area (Å²) in [5, 5.41) is 18.9. The largest absolute Gasteiger partial charge is 0.496 e. The van der Waals surface area contributed by atoms with E-state index in [1.165, 1.54) is 36.5 Å². The molecule has 1 heterocycles. The van der Waals surface area contributed by atoms with Gasteiger partial charge in [-0.05, 0) is 65.1 Å². The first-order valence-corrected chi connectivity index (χ1v) is 11.4. The van der Waals surface area contributed by atoms with Gasteiger partial charge in [0, 0.05) is 21.8 Å². The number of methoxy groups -OCH3 is 1. The zero-order valence-electron chi connectivity index (χ0n) is 19.9. The second-order valence-electron chi connectivity index (χ2n) is 7.78. The minimum atomic E-state index is -0.679. The normalized spacial score (nSPS) is 10.9. The molecule has 13 heteroatoms. The summed E-state index contributed by atoms with van der Waals surface area (Å²) in [5.41, 5.74) is 4.34. The van der Waals surface area contributed by atoms with Crippen LogP contribution in [0.2, 0.25) is 5.02 Å². The molecular weight excluding hydrogens is 519 g/mol. The fourth-order valence-electron chi connectivity index (χ4n) is 3.38. The van der Waals surface area contributed by atoms with Crippen LogP contribution in [0.4, 0.5) is 10.3 Å². The number of carbonyl (C=O) groups is 1. The van der Waals surface area contributed by atoms with Crippen molar-refractivity contribution in [3.63, 3.8) is 0 Å². The molecule has 4 aromatic rings. The molecule has 0 aliphatic carbocycles. The molecule has 0 unspecified atom stereocenters. The summed E-state index contributed by atoms with van der Waals surface area (Å²) in [5.74, 6) is -0.429. The third-order valence-corrected chi connectivity index (χ3v) is 5.62. The van der Waals surface area contributed by atoms with E-state index in [1.807, 2.05) is 0 Å².